The molecule has 25 heavy (non-hydrogen) atoms. The first-order valence-electron chi connectivity index (χ1n) is 7.23. The fourth-order valence-corrected chi connectivity index (χ4v) is 3.69. The van der Waals surface area contributed by atoms with Crippen LogP contribution in [0.4, 0.5) is 0 Å². The first kappa shape index (κ1) is 17.2. The summed E-state index contributed by atoms with van der Waals surface area (Å²) in [6, 6.07) is 12.7. The normalized spacial score (nSPS) is 16.1. The average Bonchev–Trinajstić information content (AvgIpc) is 2.87. The topological polar surface area (TPSA) is 98.8 Å². The van der Waals surface area contributed by atoms with E-state index in [0.29, 0.717) is 10.5 Å². The molecule has 0 aromatic heterocycles. The minimum atomic E-state index is -3.89. The van der Waals surface area contributed by atoms with Crippen LogP contribution in [-0.4, -0.2) is 19.5 Å². The summed E-state index contributed by atoms with van der Waals surface area (Å²) in [6.07, 6.45) is 1.63. The Labute approximate surface area is 149 Å². The van der Waals surface area contributed by atoms with Crippen molar-refractivity contribution in [3.63, 3.8) is 0 Å². The molecule has 0 radical (unpaired) electrons. The molecule has 0 saturated carbocycles. The highest BCUT2D eigenvalue weighted by atomic mass is 32.2. The molecule has 1 heterocycles. The molecule has 1 amide bonds. The smallest absolute Gasteiger partial charge is 0.339 e. The molecule has 0 spiro atoms. The lowest BCUT2D eigenvalue weighted by molar-refractivity contribution is -0.113. The van der Waals surface area contributed by atoms with Crippen LogP contribution in [0.1, 0.15) is 11.1 Å². The van der Waals surface area contributed by atoms with Gasteiger partial charge in [-0.05, 0) is 54.6 Å². The van der Waals surface area contributed by atoms with Gasteiger partial charge in [-0.2, -0.15) is 13.4 Å². The van der Waals surface area contributed by atoms with Crippen LogP contribution in [0.25, 0.3) is 6.08 Å². The number of amidine groups is 1. The SMILES string of the molecule is Cc1ccc(S(=O)(=O)Oc2ccc(/C=C3\SC(N)=NC3=O)cc2)cc1. The lowest BCUT2D eigenvalue weighted by Gasteiger charge is -2.07. The van der Waals surface area contributed by atoms with Crippen molar-refractivity contribution in [2.45, 2.75) is 11.8 Å². The van der Waals surface area contributed by atoms with E-state index in [0.717, 1.165) is 17.3 Å². The molecule has 0 fully saturated rings. The van der Waals surface area contributed by atoms with Gasteiger partial charge < -0.3 is 9.92 Å². The summed E-state index contributed by atoms with van der Waals surface area (Å²) in [5, 5.41) is 0.209. The quantitative estimate of drug-likeness (QED) is 0.652. The van der Waals surface area contributed by atoms with Crippen molar-refractivity contribution in [2.24, 2.45) is 10.7 Å². The molecule has 3 rings (SSSR count). The molecule has 0 unspecified atom stereocenters. The van der Waals surface area contributed by atoms with E-state index in [1.54, 1.807) is 30.3 Å². The number of amides is 1. The lowest BCUT2D eigenvalue weighted by atomic mass is 10.2. The molecule has 6 nitrogen and oxygen atoms in total. The van der Waals surface area contributed by atoms with Crippen molar-refractivity contribution in [3.05, 3.63) is 64.6 Å². The summed E-state index contributed by atoms with van der Waals surface area (Å²) >= 11 is 1.09. The molecule has 2 aromatic rings. The van der Waals surface area contributed by atoms with Gasteiger partial charge in [-0.1, -0.05) is 29.8 Å². The summed E-state index contributed by atoms with van der Waals surface area (Å²) in [5.74, 6) is -0.200. The summed E-state index contributed by atoms with van der Waals surface area (Å²) in [7, 11) is -3.89. The van der Waals surface area contributed by atoms with E-state index in [-0.39, 0.29) is 21.7 Å². The summed E-state index contributed by atoms with van der Waals surface area (Å²) in [4.78, 5) is 15.7. The highest BCUT2D eigenvalue weighted by Crippen LogP contribution is 2.27. The molecule has 8 heteroatoms. The zero-order chi connectivity index (χ0) is 18.0. The number of thioether (sulfide) groups is 1. The number of benzene rings is 2. The Balaban J connectivity index is 1.76. The van der Waals surface area contributed by atoms with Crippen molar-refractivity contribution in [2.75, 3.05) is 0 Å². The van der Waals surface area contributed by atoms with Gasteiger partial charge in [-0.3, -0.25) is 4.79 Å². The van der Waals surface area contributed by atoms with Crippen molar-refractivity contribution in [1.82, 2.24) is 0 Å². The minimum Gasteiger partial charge on any atom is -0.379 e. The maximum Gasteiger partial charge on any atom is 0.339 e. The maximum atomic E-state index is 12.2. The Morgan fingerprint density at radius 2 is 1.72 bits per heavy atom. The summed E-state index contributed by atoms with van der Waals surface area (Å²) in [5.41, 5.74) is 7.16. The number of carbonyl (C=O) groups excluding carboxylic acids is 1. The first-order chi connectivity index (χ1) is 11.8. The second-order valence-corrected chi connectivity index (χ2v) is 7.89. The summed E-state index contributed by atoms with van der Waals surface area (Å²) in [6.45, 7) is 1.87. The standard InChI is InChI=1S/C17H14N2O4S2/c1-11-2-8-14(9-3-11)25(21,22)23-13-6-4-12(5-7-13)10-15-16(20)19-17(18)24-15/h2-10H,1H3,(H2,18,19,20)/b15-10-. The number of nitrogens with zero attached hydrogens (tertiary/aromatic N) is 1. The highest BCUT2D eigenvalue weighted by molar-refractivity contribution is 8.18. The second kappa shape index (κ2) is 6.73. The number of carbonyl (C=O) groups is 1. The Morgan fingerprint density at radius 3 is 2.28 bits per heavy atom. The average molecular weight is 374 g/mol. The predicted molar refractivity (Wildman–Crippen MR) is 97.6 cm³/mol. The Kier molecular flexibility index (Phi) is 4.65. The molecule has 0 aliphatic carbocycles. The van der Waals surface area contributed by atoms with E-state index in [1.807, 2.05) is 6.92 Å². The van der Waals surface area contributed by atoms with Gasteiger partial charge in [0.15, 0.2) is 5.17 Å². The van der Waals surface area contributed by atoms with Crippen LogP contribution in [0.3, 0.4) is 0 Å². The van der Waals surface area contributed by atoms with E-state index in [2.05, 4.69) is 4.99 Å². The molecule has 2 N–H and O–H groups in total. The zero-order valence-corrected chi connectivity index (χ0v) is 14.8. The van der Waals surface area contributed by atoms with E-state index >= 15 is 0 Å². The van der Waals surface area contributed by atoms with Gasteiger partial charge in [0.05, 0.1) is 4.91 Å². The predicted octanol–water partition coefficient (Wildman–Crippen LogP) is 2.69. The number of aryl methyl sites for hydroxylation is 1. The van der Waals surface area contributed by atoms with E-state index in [9.17, 15) is 13.2 Å². The van der Waals surface area contributed by atoms with Crippen LogP contribution in [0.2, 0.25) is 0 Å². The molecule has 0 saturated heterocycles. The van der Waals surface area contributed by atoms with Crippen molar-refractivity contribution in [3.8, 4) is 5.75 Å². The summed E-state index contributed by atoms with van der Waals surface area (Å²) < 4.78 is 29.6. The van der Waals surface area contributed by atoms with Gasteiger partial charge in [0.25, 0.3) is 5.91 Å². The van der Waals surface area contributed by atoms with Crippen molar-refractivity contribution in [1.29, 1.82) is 0 Å². The minimum absolute atomic E-state index is 0.0878. The fourth-order valence-electron chi connectivity index (χ4n) is 2.08. The van der Waals surface area contributed by atoms with Gasteiger partial charge in [0.2, 0.25) is 0 Å². The van der Waals surface area contributed by atoms with Crippen LogP contribution >= 0.6 is 11.8 Å². The number of rotatable bonds is 4. The Bertz CT molecular complexity index is 976. The van der Waals surface area contributed by atoms with Crippen LogP contribution < -0.4 is 9.92 Å². The number of hydrogen-bond donors (Lipinski definition) is 1. The molecular formula is C17H14N2O4S2. The first-order valence-corrected chi connectivity index (χ1v) is 9.45. The molecule has 2 aromatic carbocycles. The highest BCUT2D eigenvalue weighted by Gasteiger charge is 2.19. The third kappa shape index (κ3) is 4.09. The van der Waals surface area contributed by atoms with E-state index < -0.39 is 10.1 Å². The number of hydrogen-bond acceptors (Lipinski definition) is 6. The van der Waals surface area contributed by atoms with E-state index in [4.69, 9.17) is 9.92 Å². The van der Waals surface area contributed by atoms with Gasteiger partial charge in [-0.15, -0.1) is 0 Å². The largest absolute Gasteiger partial charge is 0.379 e. The molecule has 0 bridgehead atoms. The Hall–Kier alpha value is -2.58. The van der Waals surface area contributed by atoms with Gasteiger partial charge in [0.1, 0.15) is 10.6 Å². The monoisotopic (exact) mass is 374 g/mol. The maximum absolute atomic E-state index is 12.2. The van der Waals surface area contributed by atoms with Gasteiger partial charge in [0, 0.05) is 0 Å². The zero-order valence-electron chi connectivity index (χ0n) is 13.2. The third-order valence-corrected chi connectivity index (χ3v) is 5.40. The molecule has 128 valence electrons. The molecule has 0 atom stereocenters. The van der Waals surface area contributed by atoms with Gasteiger partial charge >= 0.3 is 10.1 Å². The van der Waals surface area contributed by atoms with Crippen LogP contribution in [0.5, 0.6) is 5.75 Å². The van der Waals surface area contributed by atoms with Crippen LogP contribution in [0, 0.1) is 6.92 Å². The molecule has 1 aliphatic heterocycles. The molecular weight excluding hydrogens is 360 g/mol. The fraction of sp³-hybridized carbons (Fsp3) is 0.0588. The van der Waals surface area contributed by atoms with Crippen molar-refractivity contribution < 1.29 is 17.4 Å². The van der Waals surface area contributed by atoms with Crippen LogP contribution in [-0.2, 0) is 14.9 Å². The second-order valence-electron chi connectivity index (χ2n) is 5.29. The Morgan fingerprint density at radius 1 is 1.08 bits per heavy atom. The van der Waals surface area contributed by atoms with Crippen molar-refractivity contribution >= 4 is 39.0 Å². The number of nitrogens with two attached hydrogens (primary N) is 1. The van der Waals surface area contributed by atoms with E-state index in [1.165, 1.54) is 24.3 Å². The van der Waals surface area contributed by atoms with Gasteiger partial charge in [-0.25, -0.2) is 0 Å². The number of aliphatic imine (C=N–C) groups is 1. The van der Waals surface area contributed by atoms with Crippen LogP contribution in [0.15, 0.2) is 63.3 Å². The third-order valence-electron chi connectivity index (χ3n) is 3.33. The lowest BCUT2D eigenvalue weighted by Crippen LogP contribution is -2.09. The molecule has 1 aliphatic rings.